The van der Waals surface area contributed by atoms with Crippen LogP contribution in [0.15, 0.2) is 84.8 Å². The summed E-state index contributed by atoms with van der Waals surface area (Å²) < 4.78 is 82.1. The number of nitrogens with zero attached hydrogens (tertiary/aromatic N) is 4. The van der Waals surface area contributed by atoms with Gasteiger partial charge in [-0.25, -0.2) is 4.39 Å². The fourth-order valence-electron chi connectivity index (χ4n) is 3.58. The average Bonchev–Trinajstić information content (AvgIpc) is 2.84. The van der Waals surface area contributed by atoms with Crippen LogP contribution in [0.4, 0.5) is 32.8 Å². The van der Waals surface area contributed by atoms with Crippen LogP contribution in [0.3, 0.4) is 0 Å². The molecule has 0 saturated carbocycles. The number of hydrogen-bond acceptors (Lipinski definition) is 10. The molecule has 0 heterocycles. The van der Waals surface area contributed by atoms with E-state index in [-0.39, 0.29) is 16.5 Å². The lowest BCUT2D eigenvalue weighted by Gasteiger charge is -2.14. The molecule has 4 aromatic rings. The first kappa shape index (κ1) is 27.7. The first-order valence-electron chi connectivity index (χ1n) is 10.9. The molecule has 15 heteroatoms. The molecule has 0 atom stereocenters. The molecule has 39 heavy (non-hydrogen) atoms. The van der Waals surface area contributed by atoms with Gasteiger partial charge >= 0.3 is 0 Å². The summed E-state index contributed by atoms with van der Waals surface area (Å²) >= 11 is 0. The summed E-state index contributed by atoms with van der Waals surface area (Å²) in [5, 5.41) is 25.6. The fraction of sp³-hybridized carbons (Fsp3) is 0.0833. The minimum absolute atomic E-state index is 0.0406. The van der Waals surface area contributed by atoms with Crippen molar-refractivity contribution < 1.29 is 35.4 Å². The summed E-state index contributed by atoms with van der Waals surface area (Å²) in [6.45, 7) is 3.35. The summed E-state index contributed by atoms with van der Waals surface area (Å²) in [5.41, 5.74) is 5.84. The third kappa shape index (κ3) is 5.75. The van der Waals surface area contributed by atoms with E-state index in [1.807, 2.05) is 6.92 Å². The molecule has 5 N–H and O–H groups in total. The molecule has 0 aliphatic carbocycles. The standard InChI is InChI=1S/C24H20FN5O7S2/c1-12-3-6-15(7-4-12)27-29-22-18(38(32,33)34)9-14-10-19(39(35,36)37)23(24(31)20(14)21(22)26)30-28-16-8-5-13(2)17(25)11-16/h3-11,31H,26H2,1-2H3,(H,32,33,34)(H,35,36,37). The van der Waals surface area contributed by atoms with Crippen molar-refractivity contribution in [3.63, 3.8) is 0 Å². The predicted octanol–water partition coefficient (Wildman–Crippen LogP) is 6.21. The zero-order chi connectivity index (χ0) is 28.7. The highest BCUT2D eigenvalue weighted by Gasteiger charge is 2.28. The van der Waals surface area contributed by atoms with Gasteiger partial charge in [-0.3, -0.25) is 9.11 Å². The van der Waals surface area contributed by atoms with E-state index in [1.54, 1.807) is 24.3 Å². The number of halogens is 1. The van der Waals surface area contributed by atoms with Crippen molar-refractivity contribution in [2.24, 2.45) is 20.5 Å². The maximum absolute atomic E-state index is 13.9. The van der Waals surface area contributed by atoms with Crippen molar-refractivity contribution in [1.29, 1.82) is 0 Å². The summed E-state index contributed by atoms with van der Waals surface area (Å²) in [6.07, 6.45) is 0. The first-order valence-corrected chi connectivity index (χ1v) is 13.8. The number of fused-ring (bicyclic) bond motifs is 1. The number of phenolic OH excluding ortho intramolecular Hbond substituents is 1. The Balaban J connectivity index is 2.01. The van der Waals surface area contributed by atoms with Crippen molar-refractivity contribution in [3.05, 3.63) is 71.5 Å². The molecule has 0 spiro atoms. The van der Waals surface area contributed by atoms with Gasteiger partial charge in [0.25, 0.3) is 20.2 Å². The largest absolute Gasteiger partial charge is 0.505 e. The molecule has 0 bridgehead atoms. The van der Waals surface area contributed by atoms with Gasteiger partial charge in [0, 0.05) is 6.07 Å². The van der Waals surface area contributed by atoms with Crippen LogP contribution in [0.5, 0.6) is 5.75 Å². The second-order valence-electron chi connectivity index (χ2n) is 8.43. The highest BCUT2D eigenvalue weighted by atomic mass is 32.2. The Morgan fingerprint density at radius 1 is 0.744 bits per heavy atom. The van der Waals surface area contributed by atoms with Crippen molar-refractivity contribution in [3.8, 4) is 5.75 Å². The molecule has 0 fully saturated rings. The van der Waals surface area contributed by atoms with Crippen LogP contribution >= 0.6 is 0 Å². The lowest BCUT2D eigenvalue weighted by Crippen LogP contribution is -2.03. The van der Waals surface area contributed by atoms with Crippen molar-refractivity contribution >= 4 is 59.4 Å². The molecule has 0 aliphatic heterocycles. The smallest absolute Gasteiger partial charge is 0.296 e. The van der Waals surface area contributed by atoms with E-state index < -0.39 is 58.7 Å². The van der Waals surface area contributed by atoms with Gasteiger partial charge in [0.05, 0.1) is 22.4 Å². The molecule has 0 unspecified atom stereocenters. The van der Waals surface area contributed by atoms with E-state index in [2.05, 4.69) is 20.5 Å². The molecule has 0 amide bonds. The van der Waals surface area contributed by atoms with E-state index in [1.165, 1.54) is 19.1 Å². The maximum atomic E-state index is 13.9. The summed E-state index contributed by atoms with van der Waals surface area (Å²) in [6, 6.07) is 12.0. The number of anilines is 1. The van der Waals surface area contributed by atoms with Gasteiger partial charge in [-0.05, 0) is 55.1 Å². The van der Waals surface area contributed by atoms with Gasteiger partial charge in [0.2, 0.25) is 0 Å². The highest BCUT2D eigenvalue weighted by molar-refractivity contribution is 7.86. The van der Waals surface area contributed by atoms with Crippen LogP contribution in [0, 0.1) is 19.7 Å². The minimum Gasteiger partial charge on any atom is -0.505 e. The number of benzene rings is 4. The van der Waals surface area contributed by atoms with Gasteiger partial charge in [-0.1, -0.05) is 23.8 Å². The number of aryl methyl sites for hydroxylation is 2. The third-order valence-electron chi connectivity index (χ3n) is 5.59. The Morgan fingerprint density at radius 3 is 1.82 bits per heavy atom. The summed E-state index contributed by atoms with van der Waals surface area (Å²) in [4.78, 5) is -1.80. The van der Waals surface area contributed by atoms with E-state index in [4.69, 9.17) is 5.73 Å². The maximum Gasteiger partial charge on any atom is 0.296 e. The number of azo groups is 2. The molecular formula is C24H20FN5O7S2. The van der Waals surface area contributed by atoms with E-state index in [9.17, 15) is 35.4 Å². The topological polar surface area (TPSA) is 204 Å². The zero-order valence-electron chi connectivity index (χ0n) is 20.2. The Hall–Kier alpha value is -4.31. The van der Waals surface area contributed by atoms with Crippen LogP contribution < -0.4 is 5.73 Å². The molecule has 4 aromatic carbocycles. The average molecular weight is 574 g/mol. The van der Waals surface area contributed by atoms with Crippen LogP contribution in [-0.4, -0.2) is 31.0 Å². The molecular weight excluding hydrogens is 553 g/mol. The Morgan fingerprint density at radius 2 is 1.26 bits per heavy atom. The molecule has 0 aliphatic rings. The normalized spacial score (nSPS) is 12.6. The molecule has 12 nitrogen and oxygen atoms in total. The van der Waals surface area contributed by atoms with E-state index in [0.717, 1.165) is 23.8 Å². The van der Waals surface area contributed by atoms with E-state index in [0.29, 0.717) is 11.3 Å². The Kier molecular flexibility index (Phi) is 7.18. The number of aromatic hydroxyl groups is 1. The van der Waals surface area contributed by atoms with Gasteiger partial charge in [-0.15, -0.1) is 10.2 Å². The molecule has 4 rings (SSSR count). The number of nitrogen functional groups attached to an aromatic ring is 1. The van der Waals surface area contributed by atoms with Gasteiger partial charge in [0.15, 0.2) is 5.75 Å². The van der Waals surface area contributed by atoms with Crippen molar-refractivity contribution in [2.75, 3.05) is 5.73 Å². The first-order chi connectivity index (χ1) is 18.2. The quantitative estimate of drug-likeness (QED) is 0.118. The Labute approximate surface area is 221 Å². The second kappa shape index (κ2) is 10.1. The third-order valence-corrected chi connectivity index (χ3v) is 7.32. The second-order valence-corrected chi connectivity index (χ2v) is 11.2. The number of nitrogens with two attached hydrogens (primary N) is 1. The predicted molar refractivity (Wildman–Crippen MR) is 140 cm³/mol. The monoisotopic (exact) mass is 573 g/mol. The lowest BCUT2D eigenvalue weighted by atomic mass is 10.1. The minimum atomic E-state index is -5.07. The number of hydrogen-bond donors (Lipinski definition) is 4. The van der Waals surface area contributed by atoms with Crippen LogP contribution in [0.2, 0.25) is 0 Å². The molecule has 0 saturated heterocycles. The van der Waals surface area contributed by atoms with Gasteiger partial charge in [-0.2, -0.15) is 27.1 Å². The van der Waals surface area contributed by atoms with Crippen molar-refractivity contribution in [2.45, 2.75) is 23.6 Å². The molecule has 0 radical (unpaired) electrons. The molecule has 0 aromatic heterocycles. The SMILES string of the molecule is Cc1ccc(N=Nc2c(S(=O)(=O)O)cc3cc(S(=O)(=O)O)c(N=Nc4ccc(C)c(F)c4)c(O)c3c2N)cc1. The van der Waals surface area contributed by atoms with Crippen LogP contribution in [0.25, 0.3) is 10.8 Å². The number of rotatable bonds is 6. The van der Waals surface area contributed by atoms with Crippen LogP contribution in [-0.2, 0) is 20.2 Å². The fourth-order valence-corrected chi connectivity index (χ4v) is 4.90. The highest BCUT2D eigenvalue weighted by Crippen LogP contribution is 2.48. The summed E-state index contributed by atoms with van der Waals surface area (Å²) in [7, 11) is -10.1. The number of phenols is 1. The lowest BCUT2D eigenvalue weighted by molar-refractivity contribution is 0.472. The van der Waals surface area contributed by atoms with E-state index >= 15 is 0 Å². The van der Waals surface area contributed by atoms with Gasteiger partial charge in [0.1, 0.15) is 27.0 Å². The molecule has 202 valence electrons. The van der Waals surface area contributed by atoms with Gasteiger partial charge < -0.3 is 10.8 Å². The zero-order valence-corrected chi connectivity index (χ0v) is 21.9. The van der Waals surface area contributed by atoms with Crippen LogP contribution in [0.1, 0.15) is 11.1 Å². The van der Waals surface area contributed by atoms with Crippen molar-refractivity contribution in [1.82, 2.24) is 0 Å². The summed E-state index contributed by atoms with van der Waals surface area (Å²) in [5.74, 6) is -1.53. The Bertz CT molecular complexity index is 1910.